The van der Waals surface area contributed by atoms with Gasteiger partial charge >= 0.3 is 0 Å². The predicted molar refractivity (Wildman–Crippen MR) is 95.1 cm³/mol. The topological polar surface area (TPSA) is 75.7 Å². The lowest BCUT2D eigenvalue weighted by molar-refractivity contribution is 0.0730. The molecular weight excluding hydrogens is 378 g/mol. The Morgan fingerprint density at radius 1 is 1.11 bits per heavy atom. The Morgan fingerprint density at radius 3 is 2.52 bits per heavy atom. The van der Waals surface area contributed by atoms with E-state index in [-0.39, 0.29) is 23.7 Å². The summed E-state index contributed by atoms with van der Waals surface area (Å²) >= 11 is 0. The summed E-state index contributed by atoms with van der Waals surface area (Å²) in [5.41, 5.74) is 0.214. The van der Waals surface area contributed by atoms with Gasteiger partial charge < -0.3 is 10.1 Å². The van der Waals surface area contributed by atoms with E-state index in [1.807, 2.05) is 0 Å². The summed E-state index contributed by atoms with van der Waals surface area (Å²) < 4.78 is 59.3. The molecule has 27 heavy (non-hydrogen) atoms. The zero-order valence-electron chi connectivity index (χ0n) is 14.5. The molecule has 1 fully saturated rings. The van der Waals surface area contributed by atoms with Crippen molar-refractivity contribution in [2.75, 3.05) is 31.6 Å². The molecule has 1 aliphatic heterocycles. The van der Waals surface area contributed by atoms with Crippen LogP contribution in [-0.2, 0) is 14.8 Å². The number of carbonyl (C=O) groups is 1. The molecule has 3 rings (SSSR count). The van der Waals surface area contributed by atoms with Gasteiger partial charge in [-0.05, 0) is 42.8 Å². The molecule has 0 aliphatic carbocycles. The lowest BCUT2D eigenvalue weighted by atomic mass is 10.1. The Morgan fingerprint density at radius 2 is 1.81 bits per heavy atom. The zero-order valence-corrected chi connectivity index (χ0v) is 15.4. The van der Waals surface area contributed by atoms with Crippen LogP contribution in [0.1, 0.15) is 15.9 Å². The second kappa shape index (κ2) is 7.71. The third kappa shape index (κ3) is 4.15. The van der Waals surface area contributed by atoms with Gasteiger partial charge in [-0.2, -0.15) is 4.31 Å². The van der Waals surface area contributed by atoms with Crippen LogP contribution in [0.3, 0.4) is 0 Å². The van der Waals surface area contributed by atoms with Gasteiger partial charge in [0.25, 0.3) is 5.91 Å². The van der Waals surface area contributed by atoms with Crippen molar-refractivity contribution < 1.29 is 26.7 Å². The number of anilines is 1. The Labute approximate surface area is 155 Å². The van der Waals surface area contributed by atoms with Crippen molar-refractivity contribution in [1.82, 2.24) is 4.31 Å². The van der Waals surface area contributed by atoms with Gasteiger partial charge in [-0.3, -0.25) is 4.79 Å². The van der Waals surface area contributed by atoms with Crippen LogP contribution in [0.2, 0.25) is 0 Å². The van der Waals surface area contributed by atoms with Crippen LogP contribution in [0.25, 0.3) is 0 Å². The number of benzene rings is 2. The zero-order chi connectivity index (χ0) is 19.6. The second-order valence-corrected chi connectivity index (χ2v) is 7.98. The van der Waals surface area contributed by atoms with E-state index in [1.54, 1.807) is 13.0 Å². The molecular formula is C18H18F2N2O4S. The molecule has 2 aromatic rings. The van der Waals surface area contributed by atoms with Crippen molar-refractivity contribution in [3.05, 3.63) is 59.2 Å². The number of hydrogen-bond acceptors (Lipinski definition) is 4. The average Bonchev–Trinajstić information content (AvgIpc) is 2.65. The fourth-order valence-corrected chi connectivity index (χ4v) is 4.41. The molecule has 0 spiro atoms. The summed E-state index contributed by atoms with van der Waals surface area (Å²) in [4.78, 5) is 12.3. The first-order chi connectivity index (χ1) is 12.8. The van der Waals surface area contributed by atoms with Gasteiger partial charge in [0.05, 0.1) is 23.7 Å². The molecule has 6 nitrogen and oxygen atoms in total. The van der Waals surface area contributed by atoms with Crippen LogP contribution in [-0.4, -0.2) is 44.9 Å². The predicted octanol–water partition coefficient (Wildman–Crippen LogP) is 2.55. The van der Waals surface area contributed by atoms with E-state index in [4.69, 9.17) is 4.74 Å². The highest BCUT2D eigenvalue weighted by molar-refractivity contribution is 7.89. The molecule has 0 bridgehead atoms. The largest absolute Gasteiger partial charge is 0.379 e. The van der Waals surface area contributed by atoms with Crippen LogP contribution < -0.4 is 5.32 Å². The molecule has 0 aromatic heterocycles. The van der Waals surface area contributed by atoms with Gasteiger partial charge in [-0.15, -0.1) is 0 Å². The van der Waals surface area contributed by atoms with E-state index in [0.717, 1.165) is 18.2 Å². The van der Waals surface area contributed by atoms with Crippen molar-refractivity contribution >= 4 is 21.6 Å². The first-order valence-corrected chi connectivity index (χ1v) is 9.68. The molecule has 1 amide bonds. The maximum absolute atomic E-state index is 13.8. The summed E-state index contributed by atoms with van der Waals surface area (Å²) in [7, 11) is -3.76. The maximum atomic E-state index is 13.8. The first kappa shape index (κ1) is 19.4. The lowest BCUT2D eigenvalue weighted by Gasteiger charge is -2.26. The van der Waals surface area contributed by atoms with Gasteiger partial charge in [0, 0.05) is 18.8 Å². The summed E-state index contributed by atoms with van der Waals surface area (Å²) in [6, 6.07) is 6.91. The quantitative estimate of drug-likeness (QED) is 0.862. The Hall–Kier alpha value is -2.36. The van der Waals surface area contributed by atoms with Gasteiger partial charge in [0.2, 0.25) is 10.0 Å². The third-order valence-electron chi connectivity index (χ3n) is 4.21. The maximum Gasteiger partial charge on any atom is 0.258 e. The molecule has 1 saturated heterocycles. The summed E-state index contributed by atoms with van der Waals surface area (Å²) in [6.07, 6.45) is 0. The number of amides is 1. The molecule has 0 unspecified atom stereocenters. The molecule has 0 radical (unpaired) electrons. The number of nitrogens with zero attached hydrogens (tertiary/aromatic N) is 1. The fourth-order valence-electron chi connectivity index (χ4n) is 2.75. The molecule has 9 heteroatoms. The summed E-state index contributed by atoms with van der Waals surface area (Å²) in [5.74, 6) is -2.49. The monoisotopic (exact) mass is 396 g/mol. The number of carbonyl (C=O) groups excluding carboxylic acids is 1. The number of halogens is 2. The van der Waals surface area contributed by atoms with Crippen molar-refractivity contribution in [1.29, 1.82) is 0 Å². The Kier molecular flexibility index (Phi) is 5.54. The van der Waals surface area contributed by atoms with Crippen LogP contribution in [0, 0.1) is 18.6 Å². The van der Waals surface area contributed by atoms with Crippen molar-refractivity contribution in [3.8, 4) is 0 Å². The third-order valence-corrected chi connectivity index (χ3v) is 6.25. The normalized spacial score (nSPS) is 15.5. The van der Waals surface area contributed by atoms with Crippen molar-refractivity contribution in [2.45, 2.75) is 11.8 Å². The second-order valence-electron chi connectivity index (χ2n) is 6.08. The number of ether oxygens (including phenoxy) is 1. The molecule has 2 aromatic carbocycles. The van der Waals surface area contributed by atoms with Gasteiger partial charge in [0.15, 0.2) is 0 Å². The van der Waals surface area contributed by atoms with Gasteiger partial charge in [-0.25, -0.2) is 17.2 Å². The van der Waals surface area contributed by atoms with Crippen LogP contribution in [0.15, 0.2) is 41.3 Å². The molecule has 1 aliphatic rings. The first-order valence-electron chi connectivity index (χ1n) is 8.24. The van der Waals surface area contributed by atoms with Crippen LogP contribution in [0.5, 0.6) is 0 Å². The van der Waals surface area contributed by atoms with Crippen molar-refractivity contribution in [2.24, 2.45) is 0 Å². The molecule has 144 valence electrons. The van der Waals surface area contributed by atoms with E-state index in [2.05, 4.69) is 5.32 Å². The molecule has 1 heterocycles. The highest BCUT2D eigenvalue weighted by Gasteiger charge is 2.28. The smallest absolute Gasteiger partial charge is 0.258 e. The van der Waals surface area contributed by atoms with E-state index in [0.29, 0.717) is 18.8 Å². The highest BCUT2D eigenvalue weighted by Crippen LogP contribution is 2.25. The molecule has 0 atom stereocenters. The Bertz CT molecular complexity index is 973. The van der Waals surface area contributed by atoms with E-state index < -0.39 is 33.1 Å². The SMILES string of the molecule is Cc1ccc(NC(=O)c2cc(F)ccc2F)cc1S(=O)(=O)N1CCOCC1. The average molecular weight is 396 g/mol. The minimum absolute atomic E-state index is 0.0434. The number of morpholine rings is 1. The molecule has 1 N–H and O–H groups in total. The van der Waals surface area contributed by atoms with Crippen molar-refractivity contribution in [3.63, 3.8) is 0 Å². The minimum atomic E-state index is -3.76. The number of hydrogen-bond donors (Lipinski definition) is 1. The van der Waals surface area contributed by atoms with E-state index in [1.165, 1.54) is 16.4 Å². The van der Waals surface area contributed by atoms with Gasteiger partial charge in [0.1, 0.15) is 11.6 Å². The van der Waals surface area contributed by atoms with Crippen LogP contribution in [0.4, 0.5) is 14.5 Å². The minimum Gasteiger partial charge on any atom is -0.379 e. The number of sulfonamides is 1. The summed E-state index contributed by atoms with van der Waals surface area (Å²) in [6.45, 7) is 2.76. The fraction of sp³-hybridized carbons (Fsp3) is 0.278. The van der Waals surface area contributed by atoms with E-state index >= 15 is 0 Å². The van der Waals surface area contributed by atoms with Gasteiger partial charge in [-0.1, -0.05) is 6.07 Å². The van der Waals surface area contributed by atoms with Crippen LogP contribution >= 0.6 is 0 Å². The number of nitrogens with one attached hydrogen (secondary N) is 1. The lowest BCUT2D eigenvalue weighted by Crippen LogP contribution is -2.40. The Balaban J connectivity index is 1.89. The number of rotatable bonds is 4. The highest BCUT2D eigenvalue weighted by atomic mass is 32.2. The standard InChI is InChI=1S/C18H18F2N2O4S/c1-12-2-4-14(21-18(23)15-10-13(19)3-5-16(15)20)11-17(12)27(24,25)22-6-8-26-9-7-22/h2-5,10-11H,6-9H2,1H3,(H,21,23). The molecule has 0 saturated carbocycles. The number of aryl methyl sites for hydroxylation is 1. The summed E-state index contributed by atoms with van der Waals surface area (Å²) in [5, 5.41) is 2.42. The van der Waals surface area contributed by atoms with E-state index in [9.17, 15) is 22.0 Å².